The molecule has 0 N–H and O–H groups in total. The van der Waals surface area contributed by atoms with Crippen molar-refractivity contribution in [2.75, 3.05) is 25.2 Å². The van der Waals surface area contributed by atoms with Gasteiger partial charge in [0, 0.05) is 37.3 Å². The Morgan fingerprint density at radius 3 is 2.50 bits per heavy atom. The molecule has 1 saturated heterocycles. The molecule has 0 unspecified atom stereocenters. The van der Waals surface area contributed by atoms with E-state index in [1.54, 1.807) is 24.1 Å². The molecule has 1 aliphatic rings. The van der Waals surface area contributed by atoms with E-state index in [1.165, 1.54) is 6.07 Å². The molecule has 0 spiro atoms. The minimum Gasteiger partial charge on any atom is -0.381 e. The monoisotopic (exact) mass is 351 g/mol. The topological polar surface area (TPSA) is 12.5 Å². The van der Waals surface area contributed by atoms with E-state index in [0.717, 1.165) is 12.8 Å². The summed E-state index contributed by atoms with van der Waals surface area (Å²) in [6.07, 6.45) is -2.82. The summed E-state index contributed by atoms with van der Waals surface area (Å²) >= 11 is 3.20. The maximum atomic E-state index is 13.2. The third-order valence-corrected chi connectivity index (χ3v) is 4.29. The summed E-state index contributed by atoms with van der Waals surface area (Å²) in [5, 5.41) is 0.414. The molecule has 1 aliphatic heterocycles. The second kappa shape index (κ2) is 6.35. The lowest BCUT2D eigenvalue weighted by Gasteiger charge is -2.34. The van der Waals surface area contributed by atoms with Crippen LogP contribution in [0.15, 0.2) is 18.2 Å². The predicted molar refractivity (Wildman–Crippen MR) is 76.3 cm³/mol. The first kappa shape index (κ1) is 15.6. The molecular formula is C14H17BrF3NO. The van der Waals surface area contributed by atoms with Gasteiger partial charge >= 0.3 is 6.18 Å². The number of ether oxygens (including phenoxy) is 1. The molecule has 1 fully saturated rings. The van der Waals surface area contributed by atoms with Crippen molar-refractivity contribution in [3.05, 3.63) is 29.3 Å². The molecule has 6 heteroatoms. The lowest BCUT2D eigenvalue weighted by Crippen LogP contribution is -2.37. The van der Waals surface area contributed by atoms with Crippen LogP contribution in [0.3, 0.4) is 0 Å². The van der Waals surface area contributed by atoms with Crippen molar-refractivity contribution >= 4 is 21.6 Å². The van der Waals surface area contributed by atoms with Crippen molar-refractivity contribution < 1.29 is 17.9 Å². The van der Waals surface area contributed by atoms with Crippen molar-refractivity contribution in [1.82, 2.24) is 0 Å². The van der Waals surface area contributed by atoms with Gasteiger partial charge in [0.25, 0.3) is 0 Å². The van der Waals surface area contributed by atoms with Crippen LogP contribution < -0.4 is 4.90 Å². The van der Waals surface area contributed by atoms with Crippen molar-refractivity contribution in [2.45, 2.75) is 30.4 Å². The van der Waals surface area contributed by atoms with E-state index in [2.05, 4.69) is 15.9 Å². The van der Waals surface area contributed by atoms with E-state index in [4.69, 9.17) is 4.74 Å². The number of rotatable bonds is 3. The first-order chi connectivity index (χ1) is 9.43. The van der Waals surface area contributed by atoms with Crippen molar-refractivity contribution in [3.63, 3.8) is 0 Å². The van der Waals surface area contributed by atoms with Gasteiger partial charge in [0.2, 0.25) is 0 Å². The predicted octanol–water partition coefficient (Wildman–Crippen LogP) is 4.22. The van der Waals surface area contributed by atoms with Crippen LogP contribution in [0.2, 0.25) is 0 Å². The third kappa shape index (κ3) is 3.47. The summed E-state index contributed by atoms with van der Waals surface area (Å²) in [4.78, 5) is 1.74. The molecule has 1 aromatic carbocycles. The highest BCUT2D eigenvalue weighted by Crippen LogP contribution is 2.38. The number of alkyl halides is 4. The summed E-state index contributed by atoms with van der Waals surface area (Å²) in [5.74, 6) is 0. The zero-order chi connectivity index (χ0) is 14.8. The first-order valence-corrected chi connectivity index (χ1v) is 7.62. The Hall–Kier alpha value is -0.750. The number of benzene rings is 1. The van der Waals surface area contributed by atoms with E-state index < -0.39 is 11.7 Å². The van der Waals surface area contributed by atoms with Crippen LogP contribution in [0, 0.1) is 0 Å². The van der Waals surface area contributed by atoms with Crippen molar-refractivity contribution in [3.8, 4) is 0 Å². The van der Waals surface area contributed by atoms with Crippen LogP contribution in [0.4, 0.5) is 18.9 Å². The van der Waals surface area contributed by atoms with E-state index in [0.29, 0.717) is 24.1 Å². The van der Waals surface area contributed by atoms with Crippen LogP contribution in [-0.4, -0.2) is 26.3 Å². The van der Waals surface area contributed by atoms with Crippen LogP contribution in [-0.2, 0) is 16.2 Å². The van der Waals surface area contributed by atoms with Gasteiger partial charge in [0.15, 0.2) is 0 Å². The summed E-state index contributed by atoms with van der Waals surface area (Å²) in [6, 6.07) is 4.61. The fourth-order valence-corrected chi connectivity index (χ4v) is 2.82. The lowest BCUT2D eigenvalue weighted by atomic mass is 10.0. The SMILES string of the molecule is CN(c1ccc(CBr)cc1C(F)(F)F)C1CCOCC1. The zero-order valence-electron chi connectivity index (χ0n) is 11.2. The highest BCUT2D eigenvalue weighted by Gasteiger charge is 2.35. The molecule has 0 saturated carbocycles. The minimum atomic E-state index is -4.34. The number of anilines is 1. The maximum absolute atomic E-state index is 13.2. The van der Waals surface area contributed by atoms with Crippen LogP contribution in [0.5, 0.6) is 0 Å². The summed E-state index contributed by atoms with van der Waals surface area (Å²) in [5.41, 5.74) is 0.305. The number of nitrogens with zero attached hydrogens (tertiary/aromatic N) is 1. The minimum absolute atomic E-state index is 0.0969. The average molecular weight is 352 g/mol. The summed E-state index contributed by atoms with van der Waals surface area (Å²) in [6.45, 7) is 1.21. The molecule has 0 aliphatic carbocycles. The number of hydrogen-bond donors (Lipinski definition) is 0. The zero-order valence-corrected chi connectivity index (χ0v) is 12.8. The van der Waals surface area contributed by atoms with Gasteiger partial charge < -0.3 is 9.64 Å². The van der Waals surface area contributed by atoms with Gasteiger partial charge in [0.05, 0.1) is 5.56 Å². The van der Waals surface area contributed by atoms with Crippen molar-refractivity contribution in [1.29, 1.82) is 0 Å². The maximum Gasteiger partial charge on any atom is 0.418 e. The van der Waals surface area contributed by atoms with Crippen LogP contribution >= 0.6 is 15.9 Å². The molecule has 1 heterocycles. The van der Waals surface area contributed by atoms with Gasteiger partial charge in [-0.05, 0) is 30.5 Å². The Morgan fingerprint density at radius 2 is 1.95 bits per heavy atom. The Kier molecular flexibility index (Phi) is 4.96. The summed E-state index contributed by atoms with van der Waals surface area (Å²) in [7, 11) is 1.73. The second-order valence-electron chi connectivity index (χ2n) is 4.94. The molecular weight excluding hydrogens is 335 g/mol. The molecule has 0 aromatic heterocycles. The summed E-state index contributed by atoms with van der Waals surface area (Å²) < 4.78 is 44.9. The average Bonchev–Trinajstić information content (AvgIpc) is 2.46. The molecule has 1 aromatic rings. The fourth-order valence-electron chi connectivity index (χ4n) is 2.47. The van der Waals surface area contributed by atoms with Crippen LogP contribution in [0.25, 0.3) is 0 Å². The number of hydrogen-bond acceptors (Lipinski definition) is 2. The second-order valence-corrected chi connectivity index (χ2v) is 5.50. The van der Waals surface area contributed by atoms with Gasteiger partial charge in [-0.2, -0.15) is 13.2 Å². The third-order valence-electron chi connectivity index (χ3n) is 3.64. The smallest absolute Gasteiger partial charge is 0.381 e. The van der Waals surface area contributed by atoms with Gasteiger partial charge in [-0.3, -0.25) is 0 Å². The van der Waals surface area contributed by atoms with Crippen molar-refractivity contribution in [2.24, 2.45) is 0 Å². The Bertz CT molecular complexity index is 458. The Labute approximate surface area is 125 Å². The molecule has 0 amide bonds. The van der Waals surface area contributed by atoms with E-state index in [1.807, 2.05) is 0 Å². The van der Waals surface area contributed by atoms with Gasteiger partial charge in [-0.25, -0.2) is 0 Å². The molecule has 112 valence electrons. The first-order valence-electron chi connectivity index (χ1n) is 6.50. The van der Waals surface area contributed by atoms with E-state index in [-0.39, 0.29) is 11.7 Å². The number of halogens is 4. The highest BCUT2D eigenvalue weighted by atomic mass is 79.9. The van der Waals surface area contributed by atoms with E-state index >= 15 is 0 Å². The largest absolute Gasteiger partial charge is 0.418 e. The molecule has 0 atom stereocenters. The molecule has 20 heavy (non-hydrogen) atoms. The Morgan fingerprint density at radius 1 is 1.30 bits per heavy atom. The van der Waals surface area contributed by atoms with Gasteiger partial charge in [-0.1, -0.05) is 22.0 Å². The highest BCUT2D eigenvalue weighted by molar-refractivity contribution is 9.08. The molecule has 2 nitrogen and oxygen atoms in total. The normalized spacial score (nSPS) is 17.2. The van der Waals surface area contributed by atoms with E-state index in [9.17, 15) is 13.2 Å². The Balaban J connectivity index is 2.34. The molecule has 0 radical (unpaired) electrons. The lowest BCUT2D eigenvalue weighted by molar-refractivity contribution is -0.137. The van der Waals surface area contributed by atoms with Gasteiger partial charge in [0.1, 0.15) is 0 Å². The standard InChI is InChI=1S/C14H17BrF3NO/c1-19(11-4-6-20-7-5-11)13-3-2-10(9-15)8-12(13)14(16,17)18/h2-3,8,11H,4-7,9H2,1H3. The molecule has 0 bridgehead atoms. The quantitative estimate of drug-likeness (QED) is 0.756. The van der Waals surface area contributed by atoms with Gasteiger partial charge in [-0.15, -0.1) is 0 Å². The fraction of sp³-hybridized carbons (Fsp3) is 0.571. The van der Waals surface area contributed by atoms with Crippen LogP contribution in [0.1, 0.15) is 24.0 Å². The molecule has 2 rings (SSSR count).